The normalized spacial score (nSPS) is 17.0. The molecule has 0 amide bonds. The average Bonchev–Trinajstić information content (AvgIpc) is 2.94. The van der Waals surface area contributed by atoms with Crippen LogP contribution in [0, 0.1) is 13.8 Å². The standard InChI is InChI=1S/C12H10O.C8H11BrO.2C7H7ClO/c13-12-9-5-4-8-11(12)10-6-2-1-3-7-10;1-6-4-3-5-8(2,10)7(6)9;1-5-4-6(9)2-3-7(5)8;1-5-4-6(8)2-3-7(5)9/h1-9,13H;3-5,7,10H,1-2H3;2*2-4,9H,1H3. The fraction of sp³-hybridized carbons (Fsp3) is 0.176. The van der Waals surface area contributed by atoms with Crippen molar-refractivity contribution in [2.75, 3.05) is 0 Å². The van der Waals surface area contributed by atoms with Crippen molar-refractivity contribution in [3.8, 4) is 28.4 Å². The minimum absolute atomic E-state index is 0.0602. The fourth-order valence-corrected chi connectivity index (χ4v) is 4.26. The van der Waals surface area contributed by atoms with Gasteiger partial charge in [-0.2, -0.15) is 0 Å². The third-order valence-electron chi connectivity index (χ3n) is 5.99. The summed E-state index contributed by atoms with van der Waals surface area (Å²) < 4.78 is 0. The summed E-state index contributed by atoms with van der Waals surface area (Å²) in [5.74, 6) is 0.880. The molecule has 4 nitrogen and oxygen atoms in total. The highest BCUT2D eigenvalue weighted by Crippen LogP contribution is 2.29. The molecule has 0 aromatic heterocycles. The van der Waals surface area contributed by atoms with Gasteiger partial charge in [0.2, 0.25) is 0 Å². The monoisotopic (exact) mass is 656 g/mol. The Hall–Kier alpha value is -3.22. The fourth-order valence-electron chi connectivity index (χ4n) is 3.61. The molecule has 4 aromatic carbocycles. The van der Waals surface area contributed by atoms with Crippen LogP contribution in [0.5, 0.6) is 17.2 Å². The van der Waals surface area contributed by atoms with E-state index in [-0.39, 0.29) is 10.6 Å². The number of aryl methyl sites for hydroxylation is 2. The molecule has 0 fully saturated rings. The van der Waals surface area contributed by atoms with Crippen molar-refractivity contribution in [1.82, 2.24) is 0 Å². The molecule has 0 heterocycles. The van der Waals surface area contributed by atoms with Crippen molar-refractivity contribution < 1.29 is 20.4 Å². The van der Waals surface area contributed by atoms with Crippen LogP contribution in [0.2, 0.25) is 10.0 Å². The molecule has 2 unspecified atom stereocenters. The summed E-state index contributed by atoms with van der Waals surface area (Å²) in [6, 6.07) is 27.0. The third kappa shape index (κ3) is 11.3. The molecule has 0 radical (unpaired) electrons. The number of benzene rings is 4. The molecule has 0 spiro atoms. The van der Waals surface area contributed by atoms with Gasteiger partial charge in [0.05, 0.1) is 10.4 Å². The molecule has 4 aromatic rings. The Morgan fingerprint density at radius 2 is 1.37 bits per heavy atom. The number of aliphatic hydroxyl groups is 1. The first-order valence-electron chi connectivity index (χ1n) is 12.8. The molecule has 0 bridgehead atoms. The van der Waals surface area contributed by atoms with Crippen LogP contribution < -0.4 is 0 Å². The van der Waals surface area contributed by atoms with Crippen molar-refractivity contribution in [3.05, 3.63) is 136 Å². The van der Waals surface area contributed by atoms with Crippen LogP contribution in [-0.4, -0.2) is 30.9 Å². The Bertz CT molecular complexity index is 1420. The second-order valence-corrected chi connectivity index (χ2v) is 11.4. The van der Waals surface area contributed by atoms with Crippen molar-refractivity contribution in [2.24, 2.45) is 0 Å². The van der Waals surface area contributed by atoms with Crippen LogP contribution in [0.1, 0.15) is 25.0 Å². The summed E-state index contributed by atoms with van der Waals surface area (Å²) in [5.41, 5.74) is 4.06. The van der Waals surface area contributed by atoms with Gasteiger partial charge in [0, 0.05) is 15.6 Å². The van der Waals surface area contributed by atoms with E-state index in [1.807, 2.05) is 74.5 Å². The van der Waals surface area contributed by atoms with E-state index >= 15 is 0 Å². The summed E-state index contributed by atoms with van der Waals surface area (Å²) in [4.78, 5) is 0.0602. The van der Waals surface area contributed by atoms with Gasteiger partial charge in [-0.1, -0.05) is 111 Å². The van der Waals surface area contributed by atoms with Crippen molar-refractivity contribution >= 4 is 39.1 Å². The van der Waals surface area contributed by atoms with Crippen LogP contribution in [-0.2, 0) is 0 Å². The van der Waals surface area contributed by atoms with E-state index in [0.29, 0.717) is 21.5 Å². The predicted octanol–water partition coefficient (Wildman–Crippen LogP) is 9.78. The van der Waals surface area contributed by atoms with Crippen LogP contribution in [0.15, 0.2) is 115 Å². The summed E-state index contributed by atoms with van der Waals surface area (Å²) >= 11 is 14.7. The Kier molecular flexibility index (Phi) is 13.5. The number of para-hydroxylation sites is 1. The highest BCUT2D eigenvalue weighted by Gasteiger charge is 2.29. The number of alkyl halides is 1. The maximum Gasteiger partial charge on any atom is 0.123 e. The van der Waals surface area contributed by atoms with Crippen molar-refractivity contribution in [2.45, 2.75) is 38.1 Å². The molecule has 2 atom stereocenters. The van der Waals surface area contributed by atoms with E-state index in [1.165, 1.54) is 0 Å². The van der Waals surface area contributed by atoms with Crippen LogP contribution in [0.25, 0.3) is 11.1 Å². The maximum absolute atomic E-state index is 9.64. The van der Waals surface area contributed by atoms with Gasteiger partial charge in [-0.25, -0.2) is 0 Å². The van der Waals surface area contributed by atoms with E-state index < -0.39 is 5.60 Å². The minimum atomic E-state index is -0.723. The molecule has 5 rings (SSSR count). The number of rotatable bonds is 1. The molecule has 0 aliphatic heterocycles. The smallest absolute Gasteiger partial charge is 0.123 e. The number of halogens is 3. The number of phenols is 3. The SMILES string of the molecule is CC1=CC=CC(C)(O)C1Br.Cc1cc(Cl)ccc1O.Cc1cc(O)ccc1Cl.Oc1ccccc1-c1ccccc1. The molecule has 7 heteroatoms. The highest BCUT2D eigenvalue weighted by molar-refractivity contribution is 9.09. The Morgan fingerprint density at radius 1 is 0.732 bits per heavy atom. The van der Waals surface area contributed by atoms with Crippen molar-refractivity contribution in [3.63, 3.8) is 0 Å². The number of hydrogen-bond acceptors (Lipinski definition) is 4. The molecule has 1 aliphatic carbocycles. The average molecular weight is 658 g/mol. The Labute approximate surface area is 261 Å². The van der Waals surface area contributed by atoms with E-state index in [2.05, 4.69) is 15.9 Å². The van der Waals surface area contributed by atoms with Gasteiger partial charge in [-0.3, -0.25) is 0 Å². The molecule has 41 heavy (non-hydrogen) atoms. The van der Waals surface area contributed by atoms with Gasteiger partial charge >= 0.3 is 0 Å². The quantitative estimate of drug-likeness (QED) is 0.154. The van der Waals surface area contributed by atoms with E-state index in [0.717, 1.165) is 27.8 Å². The summed E-state index contributed by atoms with van der Waals surface area (Å²) in [7, 11) is 0. The number of phenolic OH excluding ortho intramolecular Hbond substituents is 3. The first kappa shape index (κ1) is 34.0. The van der Waals surface area contributed by atoms with Gasteiger partial charge in [0.15, 0.2) is 0 Å². The lowest BCUT2D eigenvalue weighted by molar-refractivity contribution is 0.118. The molecule has 216 valence electrons. The number of hydrogen-bond donors (Lipinski definition) is 4. The molecule has 4 N–H and O–H groups in total. The zero-order chi connectivity index (χ0) is 30.6. The second-order valence-electron chi connectivity index (χ2n) is 9.61. The molecule has 0 saturated carbocycles. The van der Waals surface area contributed by atoms with Gasteiger partial charge < -0.3 is 20.4 Å². The predicted molar refractivity (Wildman–Crippen MR) is 175 cm³/mol. The van der Waals surface area contributed by atoms with E-state index in [9.17, 15) is 10.2 Å². The summed E-state index contributed by atoms with van der Waals surface area (Å²) in [5, 5.41) is 38.4. The largest absolute Gasteiger partial charge is 0.508 e. The van der Waals surface area contributed by atoms with Crippen LogP contribution >= 0.6 is 39.1 Å². The summed E-state index contributed by atoms with van der Waals surface area (Å²) in [6.45, 7) is 7.44. The zero-order valence-electron chi connectivity index (χ0n) is 23.4. The lowest BCUT2D eigenvalue weighted by Crippen LogP contribution is -2.34. The van der Waals surface area contributed by atoms with Crippen molar-refractivity contribution in [1.29, 1.82) is 0 Å². The summed E-state index contributed by atoms with van der Waals surface area (Å²) in [6.07, 6.45) is 5.67. The lowest BCUT2D eigenvalue weighted by atomic mass is 9.92. The molecular formula is C34H35BrCl2O4. The van der Waals surface area contributed by atoms with E-state index in [4.69, 9.17) is 33.4 Å². The topological polar surface area (TPSA) is 80.9 Å². The Morgan fingerprint density at radius 3 is 1.88 bits per heavy atom. The minimum Gasteiger partial charge on any atom is -0.508 e. The van der Waals surface area contributed by atoms with Gasteiger partial charge in [0.25, 0.3) is 0 Å². The van der Waals surface area contributed by atoms with E-state index in [1.54, 1.807) is 62.4 Å². The molecular weight excluding hydrogens is 623 g/mol. The van der Waals surface area contributed by atoms with Gasteiger partial charge in [0.1, 0.15) is 17.2 Å². The second kappa shape index (κ2) is 16.3. The third-order valence-corrected chi connectivity index (χ3v) is 8.30. The Balaban J connectivity index is 0.000000194. The molecule has 1 aliphatic rings. The lowest BCUT2D eigenvalue weighted by Gasteiger charge is -2.28. The zero-order valence-corrected chi connectivity index (χ0v) is 26.5. The maximum atomic E-state index is 9.64. The van der Waals surface area contributed by atoms with Gasteiger partial charge in [-0.15, -0.1) is 0 Å². The van der Waals surface area contributed by atoms with Crippen LogP contribution in [0.3, 0.4) is 0 Å². The van der Waals surface area contributed by atoms with Crippen LogP contribution in [0.4, 0.5) is 0 Å². The highest BCUT2D eigenvalue weighted by atomic mass is 79.9. The first-order valence-corrected chi connectivity index (χ1v) is 14.4. The molecule has 0 saturated heterocycles. The number of aromatic hydroxyl groups is 3. The number of allylic oxidation sites excluding steroid dienone is 2. The first-order chi connectivity index (χ1) is 19.3. The van der Waals surface area contributed by atoms with Gasteiger partial charge in [-0.05, 0) is 86.8 Å².